The average Bonchev–Trinajstić information content (AvgIpc) is 2.88. The second kappa shape index (κ2) is 12.2. The topological polar surface area (TPSA) is 138 Å². The largest absolute Gasteiger partial charge is 0.372 e. The van der Waals surface area contributed by atoms with Crippen LogP contribution in [0.4, 0.5) is 27.8 Å². The van der Waals surface area contributed by atoms with Crippen molar-refractivity contribution >= 4 is 38.9 Å². The van der Waals surface area contributed by atoms with Gasteiger partial charge in [0.1, 0.15) is 21.5 Å². The van der Waals surface area contributed by atoms with Gasteiger partial charge in [-0.05, 0) is 49.7 Å². The number of hydrogen-bond donors (Lipinski definition) is 3. The van der Waals surface area contributed by atoms with E-state index in [-0.39, 0.29) is 30.5 Å². The number of nitrogens with zero attached hydrogens (tertiary/aromatic N) is 4. The van der Waals surface area contributed by atoms with Crippen LogP contribution in [0.15, 0.2) is 54.9 Å². The molecular weight excluding hydrogens is 506 g/mol. The maximum absolute atomic E-state index is 12.3. The molecule has 2 unspecified atom stereocenters. The Morgan fingerprint density at radius 2 is 1.87 bits per heavy atom. The first kappa shape index (κ1) is 27.3. The van der Waals surface area contributed by atoms with Crippen molar-refractivity contribution in [1.82, 2.24) is 15.0 Å². The molecule has 4 rings (SSSR count). The Kier molecular flexibility index (Phi) is 8.74. The van der Waals surface area contributed by atoms with Gasteiger partial charge in [0.25, 0.3) is 0 Å². The number of carbonyl (C=O) groups excluding carboxylic acids is 1. The first-order chi connectivity index (χ1) is 18.2. The fraction of sp³-hybridized carbons (Fsp3) is 0.385. The number of anilines is 4. The SMILES string of the molecule is CCC1CN(c2cc(NCCS(C)(=O)=O)nc(-c3ccc(NC(=O)Nc4cccnc4)cc3)n2)CC(C)O1. The highest BCUT2D eigenvalue weighted by molar-refractivity contribution is 7.90. The minimum Gasteiger partial charge on any atom is -0.372 e. The van der Waals surface area contributed by atoms with Crippen LogP contribution in [0.5, 0.6) is 0 Å². The standard InChI is InChI=1S/C26H33N7O4S/c1-4-22-17-33(16-18(2)37-22)24-14-23(28-12-13-38(3,35)36)31-25(32-24)19-7-9-20(10-8-19)29-26(34)30-21-6-5-11-27-15-21/h5-11,14-15,18,22H,4,12-13,16-17H2,1-3H3,(H,28,31,32)(H2,29,30,34). The van der Waals surface area contributed by atoms with Crippen LogP contribution in [-0.2, 0) is 14.6 Å². The van der Waals surface area contributed by atoms with Gasteiger partial charge in [-0.1, -0.05) is 6.92 Å². The predicted molar refractivity (Wildman–Crippen MR) is 149 cm³/mol. The molecule has 0 aliphatic carbocycles. The smallest absolute Gasteiger partial charge is 0.323 e. The number of ether oxygens (including phenoxy) is 1. The Hall–Kier alpha value is -3.77. The third-order valence-electron chi connectivity index (χ3n) is 5.92. The van der Waals surface area contributed by atoms with Crippen LogP contribution in [0.25, 0.3) is 11.4 Å². The molecule has 0 saturated carbocycles. The fourth-order valence-corrected chi connectivity index (χ4v) is 4.54. The van der Waals surface area contributed by atoms with E-state index in [9.17, 15) is 13.2 Å². The normalized spacial score (nSPS) is 17.6. The summed E-state index contributed by atoms with van der Waals surface area (Å²) < 4.78 is 29.2. The Balaban J connectivity index is 1.54. The van der Waals surface area contributed by atoms with Crippen LogP contribution in [-0.4, -0.2) is 73.3 Å². The molecule has 3 heterocycles. The number of morpholine rings is 1. The van der Waals surface area contributed by atoms with Gasteiger partial charge in [-0.3, -0.25) is 4.98 Å². The van der Waals surface area contributed by atoms with E-state index >= 15 is 0 Å². The van der Waals surface area contributed by atoms with E-state index in [1.54, 1.807) is 36.7 Å². The quantitative estimate of drug-likeness (QED) is 0.372. The molecule has 1 saturated heterocycles. The van der Waals surface area contributed by atoms with Crippen molar-refractivity contribution in [2.75, 3.05) is 52.5 Å². The molecular formula is C26H33N7O4S. The number of amides is 2. The molecule has 3 N–H and O–H groups in total. The van der Waals surface area contributed by atoms with Crippen molar-refractivity contribution in [2.45, 2.75) is 32.5 Å². The maximum Gasteiger partial charge on any atom is 0.323 e. The number of aromatic nitrogens is 3. The van der Waals surface area contributed by atoms with Gasteiger partial charge in [0.15, 0.2) is 5.82 Å². The third kappa shape index (κ3) is 7.86. The summed E-state index contributed by atoms with van der Waals surface area (Å²) in [5.41, 5.74) is 1.95. The van der Waals surface area contributed by atoms with Crippen molar-refractivity contribution in [2.24, 2.45) is 0 Å². The second-order valence-electron chi connectivity index (χ2n) is 9.27. The van der Waals surface area contributed by atoms with E-state index in [1.807, 2.05) is 25.1 Å². The predicted octanol–water partition coefficient (Wildman–Crippen LogP) is 3.64. The van der Waals surface area contributed by atoms with Gasteiger partial charge in [-0.25, -0.2) is 23.2 Å². The summed E-state index contributed by atoms with van der Waals surface area (Å²) in [6.07, 6.45) is 5.44. The number of urea groups is 1. The maximum atomic E-state index is 12.3. The van der Waals surface area contributed by atoms with Crippen LogP contribution in [0.1, 0.15) is 20.3 Å². The van der Waals surface area contributed by atoms with E-state index in [0.29, 0.717) is 36.1 Å². The summed E-state index contributed by atoms with van der Waals surface area (Å²) in [7, 11) is -3.12. The molecule has 1 fully saturated rings. The van der Waals surface area contributed by atoms with Crippen LogP contribution < -0.4 is 20.9 Å². The van der Waals surface area contributed by atoms with E-state index in [0.717, 1.165) is 17.8 Å². The first-order valence-electron chi connectivity index (χ1n) is 12.5. The Morgan fingerprint density at radius 1 is 1.11 bits per heavy atom. The average molecular weight is 540 g/mol. The summed E-state index contributed by atoms with van der Waals surface area (Å²) in [4.78, 5) is 27.9. The highest BCUT2D eigenvalue weighted by Gasteiger charge is 2.26. The van der Waals surface area contributed by atoms with Crippen LogP contribution in [0.2, 0.25) is 0 Å². The number of hydrogen-bond acceptors (Lipinski definition) is 9. The van der Waals surface area contributed by atoms with Crippen LogP contribution in [0, 0.1) is 0 Å². The molecule has 0 bridgehead atoms. The molecule has 3 aromatic rings. The van der Waals surface area contributed by atoms with Gasteiger partial charge in [0.05, 0.1) is 29.8 Å². The number of sulfone groups is 1. The van der Waals surface area contributed by atoms with E-state index in [1.165, 1.54) is 6.26 Å². The number of rotatable bonds is 9. The highest BCUT2D eigenvalue weighted by atomic mass is 32.2. The zero-order chi connectivity index (χ0) is 27.1. The van der Waals surface area contributed by atoms with Gasteiger partial charge in [-0.2, -0.15) is 0 Å². The molecule has 38 heavy (non-hydrogen) atoms. The monoisotopic (exact) mass is 539 g/mol. The molecule has 2 amide bonds. The molecule has 0 radical (unpaired) electrons. The van der Waals surface area contributed by atoms with Gasteiger partial charge in [0.2, 0.25) is 0 Å². The first-order valence-corrected chi connectivity index (χ1v) is 14.5. The van der Waals surface area contributed by atoms with Crippen molar-refractivity contribution in [3.63, 3.8) is 0 Å². The lowest BCUT2D eigenvalue weighted by Gasteiger charge is -2.37. The number of carbonyl (C=O) groups is 1. The molecule has 11 nitrogen and oxygen atoms in total. The van der Waals surface area contributed by atoms with Crippen LogP contribution >= 0.6 is 0 Å². The van der Waals surface area contributed by atoms with E-state index in [4.69, 9.17) is 9.72 Å². The lowest BCUT2D eigenvalue weighted by Crippen LogP contribution is -2.46. The Morgan fingerprint density at radius 3 is 2.55 bits per heavy atom. The number of pyridine rings is 1. The van der Waals surface area contributed by atoms with Gasteiger partial charge in [0, 0.05) is 49.4 Å². The Bertz CT molecular complexity index is 1340. The van der Waals surface area contributed by atoms with Crippen molar-refractivity contribution in [1.29, 1.82) is 0 Å². The summed E-state index contributed by atoms with van der Waals surface area (Å²) >= 11 is 0. The summed E-state index contributed by atoms with van der Waals surface area (Å²) in [6, 6.07) is 12.2. The molecule has 1 aromatic carbocycles. The fourth-order valence-electron chi connectivity index (χ4n) is 4.07. The van der Waals surface area contributed by atoms with E-state index < -0.39 is 9.84 Å². The molecule has 2 aromatic heterocycles. The van der Waals surface area contributed by atoms with Gasteiger partial charge < -0.3 is 25.6 Å². The van der Waals surface area contributed by atoms with E-state index in [2.05, 4.69) is 37.7 Å². The summed E-state index contributed by atoms with van der Waals surface area (Å²) in [6.45, 7) is 5.76. The Labute approximate surface area is 223 Å². The molecule has 1 aliphatic rings. The molecule has 1 aliphatic heterocycles. The second-order valence-corrected chi connectivity index (χ2v) is 11.5. The van der Waals surface area contributed by atoms with Gasteiger partial charge >= 0.3 is 6.03 Å². The third-order valence-corrected chi connectivity index (χ3v) is 6.86. The summed E-state index contributed by atoms with van der Waals surface area (Å²) in [5.74, 6) is 1.76. The van der Waals surface area contributed by atoms with Crippen molar-refractivity contribution in [3.05, 3.63) is 54.9 Å². The van der Waals surface area contributed by atoms with Crippen LogP contribution in [0.3, 0.4) is 0 Å². The molecule has 0 spiro atoms. The van der Waals surface area contributed by atoms with Crippen molar-refractivity contribution < 1.29 is 17.9 Å². The lowest BCUT2D eigenvalue weighted by atomic mass is 10.1. The zero-order valence-corrected chi connectivity index (χ0v) is 22.5. The molecule has 202 valence electrons. The number of benzene rings is 1. The summed E-state index contributed by atoms with van der Waals surface area (Å²) in [5, 5.41) is 8.65. The van der Waals surface area contributed by atoms with Gasteiger partial charge in [-0.15, -0.1) is 0 Å². The minimum absolute atomic E-state index is 0.00432. The van der Waals surface area contributed by atoms with Crippen molar-refractivity contribution in [3.8, 4) is 11.4 Å². The minimum atomic E-state index is -3.12. The highest BCUT2D eigenvalue weighted by Crippen LogP contribution is 2.26. The molecule has 12 heteroatoms. The molecule has 2 atom stereocenters. The lowest BCUT2D eigenvalue weighted by molar-refractivity contribution is -0.0174. The zero-order valence-electron chi connectivity index (χ0n) is 21.7. The number of nitrogens with one attached hydrogen (secondary N) is 3.